The molecule has 3 unspecified atom stereocenters. The monoisotopic (exact) mass is 629 g/mol. The Kier molecular flexibility index (Phi) is 13.3. The molecule has 0 heterocycles. The second kappa shape index (κ2) is 15.9. The molecule has 0 aliphatic heterocycles. The van der Waals surface area contributed by atoms with Gasteiger partial charge in [-0.3, -0.25) is 9.59 Å². The van der Waals surface area contributed by atoms with Crippen molar-refractivity contribution in [1.29, 1.82) is 0 Å². The number of aryl methyl sites for hydroxylation is 2. The fourth-order valence-corrected chi connectivity index (χ4v) is 4.81. The van der Waals surface area contributed by atoms with Crippen molar-refractivity contribution in [2.75, 3.05) is 18.9 Å². The summed E-state index contributed by atoms with van der Waals surface area (Å²) >= 11 is 4.28. The Hall–Kier alpha value is -3.57. The van der Waals surface area contributed by atoms with Crippen molar-refractivity contribution in [1.82, 2.24) is 15.5 Å². The van der Waals surface area contributed by atoms with Gasteiger partial charge in [-0.15, -0.1) is 0 Å². The summed E-state index contributed by atoms with van der Waals surface area (Å²) in [5.74, 6) is -2.04. The Morgan fingerprint density at radius 3 is 2.02 bits per heavy atom. The van der Waals surface area contributed by atoms with Gasteiger partial charge in [-0.2, -0.15) is 12.6 Å². The first-order valence-electron chi connectivity index (χ1n) is 14.6. The minimum Gasteiger partial charge on any atom is -0.458 e. The van der Waals surface area contributed by atoms with E-state index in [-0.39, 0.29) is 18.7 Å². The van der Waals surface area contributed by atoms with Crippen LogP contribution in [-0.2, 0) is 30.3 Å². The Morgan fingerprint density at radius 1 is 0.886 bits per heavy atom. The Labute approximate surface area is 266 Å². The predicted molar refractivity (Wildman–Crippen MR) is 172 cm³/mol. The molecule has 0 radical (unpaired) electrons. The zero-order chi connectivity index (χ0) is 33.2. The number of alkyl carbamates (subject to hydrolysis) is 1. The van der Waals surface area contributed by atoms with Crippen molar-refractivity contribution in [3.63, 3.8) is 0 Å². The molecule has 0 aliphatic rings. The van der Waals surface area contributed by atoms with Crippen molar-refractivity contribution in [2.24, 2.45) is 0 Å². The lowest BCUT2D eigenvalue weighted by atomic mass is 9.96. The number of aliphatic hydroxyl groups excluding tert-OH is 1. The van der Waals surface area contributed by atoms with E-state index in [1.54, 1.807) is 47.6 Å². The highest BCUT2D eigenvalue weighted by Gasteiger charge is 2.38. The summed E-state index contributed by atoms with van der Waals surface area (Å²) in [6.45, 7) is 13.3. The average Bonchev–Trinajstić information content (AvgIpc) is 2.90. The SMILES string of the molecule is Cc1ccc(C(C(=O)NC(Cc2ccccc2)C(=O)OC(C)(C)C)N(CCO)C(=O)C(CS)NC(=O)OC(C)(C)C)c(C)c1. The molecule has 0 bridgehead atoms. The van der Waals surface area contributed by atoms with E-state index in [9.17, 15) is 24.3 Å². The molecule has 2 rings (SSSR count). The number of hydrogen-bond donors (Lipinski definition) is 4. The van der Waals surface area contributed by atoms with Crippen LogP contribution < -0.4 is 10.6 Å². The Balaban J connectivity index is 2.57. The van der Waals surface area contributed by atoms with Crippen LogP contribution in [0.3, 0.4) is 0 Å². The molecule has 2 aromatic carbocycles. The van der Waals surface area contributed by atoms with Gasteiger partial charge >= 0.3 is 12.1 Å². The van der Waals surface area contributed by atoms with Crippen LogP contribution >= 0.6 is 12.6 Å². The van der Waals surface area contributed by atoms with Gasteiger partial charge in [0.15, 0.2) is 0 Å². The van der Waals surface area contributed by atoms with Gasteiger partial charge in [0.1, 0.15) is 29.3 Å². The highest BCUT2D eigenvalue weighted by atomic mass is 32.1. The third kappa shape index (κ3) is 11.5. The largest absolute Gasteiger partial charge is 0.458 e. The fourth-order valence-electron chi connectivity index (χ4n) is 4.56. The van der Waals surface area contributed by atoms with E-state index in [1.807, 2.05) is 56.3 Å². The minimum atomic E-state index is -1.27. The predicted octanol–water partition coefficient (Wildman–Crippen LogP) is 4.06. The zero-order valence-electron chi connectivity index (χ0n) is 27.0. The molecule has 2 aromatic rings. The van der Waals surface area contributed by atoms with Crippen molar-refractivity contribution in [2.45, 2.75) is 91.1 Å². The van der Waals surface area contributed by atoms with Crippen LogP contribution in [0.1, 0.15) is 69.8 Å². The minimum absolute atomic E-state index is 0.101. The number of ether oxygens (including phenoxy) is 2. The lowest BCUT2D eigenvalue weighted by molar-refractivity contribution is -0.159. The highest BCUT2D eigenvalue weighted by molar-refractivity contribution is 7.80. The molecule has 3 N–H and O–H groups in total. The summed E-state index contributed by atoms with van der Waals surface area (Å²) in [4.78, 5) is 55.4. The van der Waals surface area contributed by atoms with Gasteiger partial charge in [-0.25, -0.2) is 9.59 Å². The molecule has 0 aliphatic carbocycles. The number of benzene rings is 2. The van der Waals surface area contributed by atoms with Gasteiger partial charge in [0.25, 0.3) is 0 Å². The van der Waals surface area contributed by atoms with Crippen LogP contribution in [0, 0.1) is 13.8 Å². The van der Waals surface area contributed by atoms with Crippen LogP contribution in [-0.4, -0.2) is 76.1 Å². The van der Waals surface area contributed by atoms with Gasteiger partial charge in [0.05, 0.1) is 6.61 Å². The second-order valence-electron chi connectivity index (χ2n) is 12.7. The number of esters is 1. The van der Waals surface area contributed by atoms with Gasteiger partial charge in [0, 0.05) is 18.7 Å². The van der Waals surface area contributed by atoms with Crippen molar-refractivity contribution in [3.8, 4) is 0 Å². The normalized spacial score (nSPS) is 13.7. The summed E-state index contributed by atoms with van der Waals surface area (Å²) in [6, 6.07) is 11.1. The second-order valence-corrected chi connectivity index (χ2v) is 13.0. The number of nitrogens with zero attached hydrogens (tertiary/aromatic N) is 1. The molecular weight excluding hydrogens is 582 g/mol. The molecule has 3 atom stereocenters. The third-order valence-corrected chi connectivity index (χ3v) is 6.73. The smallest absolute Gasteiger partial charge is 0.408 e. The van der Waals surface area contributed by atoms with Crippen LogP contribution in [0.15, 0.2) is 48.5 Å². The molecule has 44 heavy (non-hydrogen) atoms. The van der Waals surface area contributed by atoms with E-state index in [0.29, 0.717) is 5.56 Å². The molecule has 0 aromatic heterocycles. The fraction of sp³-hybridized carbons (Fsp3) is 0.515. The summed E-state index contributed by atoms with van der Waals surface area (Å²) < 4.78 is 11.0. The number of hydrogen-bond acceptors (Lipinski definition) is 8. The first-order chi connectivity index (χ1) is 20.5. The van der Waals surface area contributed by atoms with Gasteiger partial charge in [0.2, 0.25) is 11.8 Å². The zero-order valence-corrected chi connectivity index (χ0v) is 27.9. The first-order valence-corrected chi connectivity index (χ1v) is 15.2. The molecule has 242 valence electrons. The molecule has 10 nitrogen and oxygen atoms in total. The maximum Gasteiger partial charge on any atom is 0.408 e. The Bertz CT molecular complexity index is 1290. The number of carbonyl (C=O) groups is 4. The topological polar surface area (TPSA) is 134 Å². The summed E-state index contributed by atoms with van der Waals surface area (Å²) in [5, 5.41) is 15.4. The van der Waals surface area contributed by atoms with E-state index in [0.717, 1.165) is 16.7 Å². The first kappa shape index (κ1) is 36.6. The van der Waals surface area contributed by atoms with Crippen molar-refractivity contribution < 1.29 is 33.8 Å². The number of nitrogens with one attached hydrogen (secondary N) is 2. The van der Waals surface area contributed by atoms with E-state index >= 15 is 0 Å². The van der Waals surface area contributed by atoms with Gasteiger partial charge in [-0.1, -0.05) is 54.1 Å². The molecule has 11 heteroatoms. The van der Waals surface area contributed by atoms with Crippen LogP contribution in [0.2, 0.25) is 0 Å². The molecule has 0 fully saturated rings. The van der Waals surface area contributed by atoms with E-state index in [2.05, 4.69) is 23.3 Å². The van der Waals surface area contributed by atoms with E-state index in [1.165, 1.54) is 4.90 Å². The molecule has 3 amide bonds. The standard InChI is InChI=1S/C33H47N3O7S/c1-21-14-15-24(22(2)18-21)27(36(16-17-37)29(39)26(20-44)35-31(41)43-33(6,7)8)28(38)34-25(30(40)42-32(3,4)5)19-23-12-10-9-11-13-23/h9-15,18,25-27,37,44H,16-17,19-20H2,1-8H3,(H,34,38)(H,35,41). The van der Waals surface area contributed by atoms with E-state index in [4.69, 9.17) is 9.47 Å². The summed E-state index contributed by atoms with van der Waals surface area (Å²) in [5.41, 5.74) is 1.34. The average molecular weight is 630 g/mol. The maximum atomic E-state index is 14.3. The number of rotatable bonds is 12. The van der Waals surface area contributed by atoms with Crippen molar-refractivity contribution >= 4 is 36.5 Å². The maximum absolute atomic E-state index is 14.3. The van der Waals surface area contributed by atoms with Gasteiger partial charge in [-0.05, 0) is 72.1 Å². The van der Waals surface area contributed by atoms with Crippen LogP contribution in [0.25, 0.3) is 0 Å². The number of thiol groups is 1. The lowest BCUT2D eigenvalue weighted by Gasteiger charge is -2.35. The summed E-state index contributed by atoms with van der Waals surface area (Å²) in [7, 11) is 0. The molecular formula is C33H47N3O7S. The van der Waals surface area contributed by atoms with Crippen LogP contribution in [0.5, 0.6) is 0 Å². The number of carbonyl (C=O) groups excluding carboxylic acids is 4. The van der Waals surface area contributed by atoms with Crippen molar-refractivity contribution in [3.05, 3.63) is 70.8 Å². The molecule has 0 saturated heterocycles. The highest BCUT2D eigenvalue weighted by Crippen LogP contribution is 2.27. The molecule has 0 saturated carbocycles. The lowest BCUT2D eigenvalue weighted by Crippen LogP contribution is -2.56. The third-order valence-electron chi connectivity index (χ3n) is 6.37. The summed E-state index contributed by atoms with van der Waals surface area (Å²) in [6.07, 6.45) is -0.677. The molecule has 0 spiro atoms. The number of amides is 3. The quantitative estimate of drug-likeness (QED) is 0.206. The Morgan fingerprint density at radius 2 is 1.50 bits per heavy atom. The number of aliphatic hydroxyl groups is 1. The van der Waals surface area contributed by atoms with Gasteiger partial charge < -0.3 is 30.1 Å². The van der Waals surface area contributed by atoms with E-state index < -0.39 is 59.8 Å². The van der Waals surface area contributed by atoms with Crippen LogP contribution in [0.4, 0.5) is 4.79 Å².